The molecule has 3 aromatic carbocycles. The first-order valence-corrected chi connectivity index (χ1v) is 16.6. The van der Waals surface area contributed by atoms with Crippen LogP contribution in [-0.2, 0) is 0 Å². The minimum absolute atomic E-state index is 0.208. The van der Waals surface area contributed by atoms with Crippen molar-refractivity contribution in [2.75, 3.05) is 42.7 Å². The van der Waals surface area contributed by atoms with Crippen LogP contribution in [0.25, 0.3) is 0 Å². The van der Waals surface area contributed by atoms with Crippen LogP contribution in [0.1, 0.15) is 44.4 Å². The molecule has 1 aliphatic rings. The molecule has 1 unspecified atom stereocenters. The lowest BCUT2D eigenvalue weighted by Gasteiger charge is -2.42. The number of hydrogen-bond donors (Lipinski definition) is 0. The van der Waals surface area contributed by atoms with Crippen LogP contribution >= 0.6 is 0 Å². The van der Waals surface area contributed by atoms with Crippen LogP contribution in [0, 0.1) is 26.7 Å². The van der Waals surface area contributed by atoms with Crippen molar-refractivity contribution in [3.63, 3.8) is 0 Å². The van der Waals surface area contributed by atoms with Gasteiger partial charge in [-0.1, -0.05) is 41.5 Å². The number of hydrogen-bond acceptors (Lipinski definition) is 6. The fourth-order valence-electron chi connectivity index (χ4n) is 7.30. The van der Waals surface area contributed by atoms with E-state index in [4.69, 9.17) is 28.4 Å². The van der Waals surface area contributed by atoms with Crippen LogP contribution in [0.4, 0.5) is 0 Å². The van der Waals surface area contributed by atoms with Crippen molar-refractivity contribution >= 4 is 23.6 Å². The second kappa shape index (κ2) is 12.4. The van der Waals surface area contributed by atoms with E-state index in [1.54, 1.807) is 42.7 Å². The molecular formula is C36H46O6Si. The predicted octanol–water partition coefficient (Wildman–Crippen LogP) is 5.98. The number of methoxy groups -OCH3 is 6. The van der Waals surface area contributed by atoms with Gasteiger partial charge in [-0.3, -0.25) is 0 Å². The fraction of sp³-hybridized carbons (Fsp3) is 0.389. The summed E-state index contributed by atoms with van der Waals surface area (Å²) in [7, 11) is 7.02. The molecule has 0 heterocycles. The van der Waals surface area contributed by atoms with E-state index >= 15 is 0 Å². The van der Waals surface area contributed by atoms with Gasteiger partial charge in [-0.25, -0.2) is 0 Å². The summed E-state index contributed by atoms with van der Waals surface area (Å²) < 4.78 is 35.4. The molecule has 0 fully saturated rings. The lowest BCUT2D eigenvalue weighted by molar-refractivity contribution is 0.353. The Kier molecular flexibility index (Phi) is 9.26. The smallest absolute Gasteiger partial charge is 0.177 e. The molecular weight excluding hydrogens is 556 g/mol. The van der Waals surface area contributed by atoms with Crippen LogP contribution in [0.2, 0.25) is 0 Å². The third kappa shape index (κ3) is 4.69. The maximum atomic E-state index is 6.04. The van der Waals surface area contributed by atoms with Gasteiger partial charge in [0.25, 0.3) is 0 Å². The topological polar surface area (TPSA) is 55.4 Å². The first-order valence-electron chi connectivity index (χ1n) is 14.6. The molecule has 7 heteroatoms. The summed E-state index contributed by atoms with van der Waals surface area (Å²) in [5.41, 5.74) is 7.20. The lowest BCUT2D eigenvalue weighted by atomic mass is 10.1. The van der Waals surface area contributed by atoms with Crippen molar-refractivity contribution in [2.45, 2.75) is 48.5 Å². The summed E-state index contributed by atoms with van der Waals surface area (Å²) in [5, 5.41) is 5.10. The van der Waals surface area contributed by atoms with Crippen molar-refractivity contribution in [1.82, 2.24) is 0 Å². The van der Waals surface area contributed by atoms with E-state index < -0.39 is 8.07 Å². The van der Waals surface area contributed by atoms with Gasteiger partial charge in [0.2, 0.25) is 0 Å². The van der Waals surface area contributed by atoms with Crippen LogP contribution < -0.4 is 44.0 Å². The standard InChI is InChI=1S/C36H46O6Si/c1-20-21(2)23(4)36(22(20)3)43(30-17-14-27(37-8)33(40-11)24(30)5,31-18-15-28(38-9)34(41-12)25(31)6)32-19-16-29(39-10)35(42-13)26(32)7/h14-19,22H,1-13H3. The summed E-state index contributed by atoms with van der Waals surface area (Å²) >= 11 is 0. The molecule has 1 atom stereocenters. The van der Waals surface area contributed by atoms with Gasteiger partial charge in [0.1, 0.15) is 0 Å². The van der Waals surface area contributed by atoms with Gasteiger partial charge in [-0.05, 0) is 103 Å². The summed E-state index contributed by atoms with van der Waals surface area (Å²) in [6.07, 6.45) is 0. The molecule has 230 valence electrons. The third-order valence-corrected chi connectivity index (χ3v) is 15.3. The van der Waals surface area contributed by atoms with Crippen LogP contribution in [0.15, 0.2) is 58.3 Å². The minimum Gasteiger partial charge on any atom is -0.493 e. The normalized spacial score (nSPS) is 15.1. The first kappa shape index (κ1) is 32.1. The van der Waals surface area contributed by atoms with Crippen molar-refractivity contribution in [1.29, 1.82) is 0 Å². The molecule has 0 N–H and O–H groups in total. The zero-order valence-corrected chi connectivity index (χ0v) is 29.0. The molecule has 3 aromatic rings. The monoisotopic (exact) mass is 602 g/mol. The molecule has 4 rings (SSSR count). The van der Waals surface area contributed by atoms with Gasteiger partial charge in [-0.15, -0.1) is 0 Å². The van der Waals surface area contributed by atoms with E-state index in [0.29, 0.717) is 17.2 Å². The zero-order chi connectivity index (χ0) is 31.8. The second-order valence-electron chi connectivity index (χ2n) is 11.2. The van der Waals surface area contributed by atoms with Gasteiger partial charge in [0.05, 0.1) is 42.7 Å². The summed E-state index contributed by atoms with van der Waals surface area (Å²) in [6, 6.07) is 12.8. The minimum atomic E-state index is -3.15. The Hall–Kier alpha value is -3.84. The van der Waals surface area contributed by atoms with E-state index in [0.717, 1.165) is 33.9 Å². The summed E-state index contributed by atoms with van der Waals surface area (Å²) in [6.45, 7) is 15.6. The van der Waals surface area contributed by atoms with E-state index in [-0.39, 0.29) is 5.92 Å². The maximum absolute atomic E-state index is 6.04. The average Bonchev–Trinajstić information content (AvgIpc) is 3.20. The van der Waals surface area contributed by atoms with Gasteiger partial charge in [-0.2, -0.15) is 0 Å². The molecule has 0 radical (unpaired) electrons. The molecule has 0 bridgehead atoms. The molecule has 0 aromatic heterocycles. The van der Waals surface area contributed by atoms with E-state index in [9.17, 15) is 0 Å². The van der Waals surface area contributed by atoms with Crippen molar-refractivity contribution in [2.24, 2.45) is 5.92 Å². The zero-order valence-electron chi connectivity index (χ0n) is 28.0. The Labute approximate surface area is 258 Å². The molecule has 6 nitrogen and oxygen atoms in total. The van der Waals surface area contributed by atoms with Crippen molar-refractivity contribution in [3.8, 4) is 34.5 Å². The van der Waals surface area contributed by atoms with Crippen LogP contribution in [0.5, 0.6) is 34.5 Å². The van der Waals surface area contributed by atoms with Gasteiger partial charge in [0, 0.05) is 0 Å². The summed E-state index contributed by atoms with van der Waals surface area (Å²) in [4.78, 5) is 0. The predicted molar refractivity (Wildman–Crippen MR) is 178 cm³/mol. The molecule has 1 aliphatic carbocycles. The highest BCUT2D eigenvalue weighted by molar-refractivity contribution is 7.17. The number of benzene rings is 3. The lowest BCUT2D eigenvalue weighted by Crippen LogP contribution is -2.71. The fourth-order valence-corrected chi connectivity index (χ4v) is 13.7. The molecule has 0 aliphatic heterocycles. The van der Waals surface area contributed by atoms with E-state index in [1.807, 2.05) is 18.2 Å². The number of rotatable bonds is 10. The average molecular weight is 603 g/mol. The first-order chi connectivity index (χ1) is 20.5. The molecule has 0 saturated heterocycles. The Morgan fingerprint density at radius 2 is 0.791 bits per heavy atom. The Morgan fingerprint density at radius 3 is 1.02 bits per heavy atom. The van der Waals surface area contributed by atoms with Gasteiger partial charge >= 0.3 is 0 Å². The van der Waals surface area contributed by atoms with E-state index in [2.05, 4.69) is 66.7 Å². The quantitative estimate of drug-likeness (QED) is 0.210. The number of ether oxygens (including phenoxy) is 6. The molecule has 43 heavy (non-hydrogen) atoms. The number of allylic oxidation sites excluding steroid dienone is 4. The molecule has 0 saturated carbocycles. The third-order valence-electron chi connectivity index (χ3n) is 9.64. The molecule has 0 amide bonds. The van der Waals surface area contributed by atoms with E-state index in [1.165, 1.54) is 37.5 Å². The Balaban J connectivity index is 2.39. The van der Waals surface area contributed by atoms with Crippen LogP contribution in [-0.4, -0.2) is 50.7 Å². The van der Waals surface area contributed by atoms with Gasteiger partial charge in [0.15, 0.2) is 42.6 Å². The maximum Gasteiger partial charge on any atom is 0.177 e. The summed E-state index contributed by atoms with van der Waals surface area (Å²) in [5.74, 6) is 4.52. The van der Waals surface area contributed by atoms with Crippen molar-refractivity contribution < 1.29 is 28.4 Å². The van der Waals surface area contributed by atoms with Crippen LogP contribution in [0.3, 0.4) is 0 Å². The largest absolute Gasteiger partial charge is 0.493 e. The molecule has 0 spiro atoms. The Morgan fingerprint density at radius 1 is 0.465 bits per heavy atom. The Bertz CT molecular complexity index is 1470. The van der Waals surface area contributed by atoms with Gasteiger partial charge < -0.3 is 28.4 Å². The highest BCUT2D eigenvalue weighted by Gasteiger charge is 2.51. The van der Waals surface area contributed by atoms with Crippen molar-refractivity contribution in [3.05, 3.63) is 75.0 Å². The highest BCUT2D eigenvalue weighted by Crippen LogP contribution is 2.45. The highest BCUT2D eigenvalue weighted by atomic mass is 28.3. The second-order valence-corrected chi connectivity index (χ2v) is 14.9. The SMILES string of the molecule is COc1ccc([Si](C2=C(C)C(C)=C(C)C2C)(c2ccc(OC)c(OC)c2C)c2ccc(OC)c(OC)c2C)c(C)c1OC.